The van der Waals surface area contributed by atoms with Crippen LogP contribution in [0.5, 0.6) is 0 Å². The molecule has 1 aromatic rings. The second-order valence-corrected chi connectivity index (χ2v) is 6.68. The summed E-state index contributed by atoms with van der Waals surface area (Å²) in [6.07, 6.45) is 5.96. The monoisotopic (exact) mass is 242 g/mol. The fourth-order valence-electron chi connectivity index (χ4n) is 1.66. The molecule has 16 heavy (non-hydrogen) atoms. The lowest BCUT2D eigenvalue weighted by Crippen LogP contribution is -2.24. The van der Waals surface area contributed by atoms with E-state index >= 15 is 0 Å². The Bertz CT molecular complexity index is 407. The fraction of sp³-hybridized carbons (Fsp3) is 0.636. The van der Waals surface area contributed by atoms with E-state index in [4.69, 9.17) is 0 Å². The molecule has 1 aliphatic rings. The Hall–Kier alpha value is -0.810. The summed E-state index contributed by atoms with van der Waals surface area (Å²) in [4.78, 5) is 2.96. The number of H-pyrrole nitrogens is 1. The molecule has 0 aliphatic heterocycles. The van der Waals surface area contributed by atoms with E-state index in [0.29, 0.717) is 18.2 Å². The Kier molecular flexibility index (Phi) is 3.66. The van der Waals surface area contributed by atoms with Crippen molar-refractivity contribution in [1.82, 2.24) is 10.3 Å². The highest BCUT2D eigenvalue weighted by Crippen LogP contribution is 2.30. The molecule has 0 unspecified atom stereocenters. The molecule has 0 saturated heterocycles. The molecule has 5 heteroatoms. The second-order valence-electron chi connectivity index (χ2n) is 4.45. The summed E-state index contributed by atoms with van der Waals surface area (Å²) in [6.45, 7) is 1.27. The maximum atomic E-state index is 11.6. The van der Waals surface area contributed by atoms with Crippen LogP contribution in [0.4, 0.5) is 0 Å². The standard InChI is InChI=1S/C11H18N2O2S/c14-16(15,9-10-1-2-10)6-5-13-8-11-3-4-12-7-11/h3-4,7,10,12-13H,1-2,5-6,8-9H2. The van der Waals surface area contributed by atoms with Crippen molar-refractivity contribution in [3.8, 4) is 0 Å². The van der Waals surface area contributed by atoms with E-state index in [-0.39, 0.29) is 5.75 Å². The third kappa shape index (κ3) is 3.98. The van der Waals surface area contributed by atoms with E-state index in [9.17, 15) is 8.42 Å². The minimum Gasteiger partial charge on any atom is -0.367 e. The SMILES string of the molecule is O=S(=O)(CCNCc1cc[nH]c1)CC1CC1. The zero-order valence-corrected chi connectivity index (χ0v) is 10.1. The lowest BCUT2D eigenvalue weighted by atomic mass is 10.3. The van der Waals surface area contributed by atoms with Gasteiger partial charge in [0.15, 0.2) is 9.84 Å². The van der Waals surface area contributed by atoms with E-state index < -0.39 is 9.84 Å². The fourth-order valence-corrected chi connectivity index (χ4v) is 3.33. The molecule has 0 aromatic carbocycles. The Morgan fingerprint density at radius 3 is 2.88 bits per heavy atom. The van der Waals surface area contributed by atoms with Crippen molar-refractivity contribution in [2.24, 2.45) is 5.92 Å². The minimum absolute atomic E-state index is 0.258. The van der Waals surface area contributed by atoms with Gasteiger partial charge in [0.1, 0.15) is 0 Å². The van der Waals surface area contributed by atoms with Crippen LogP contribution in [0.3, 0.4) is 0 Å². The third-order valence-corrected chi connectivity index (χ3v) is 4.57. The zero-order valence-electron chi connectivity index (χ0n) is 9.28. The van der Waals surface area contributed by atoms with Crippen molar-refractivity contribution in [3.05, 3.63) is 24.0 Å². The van der Waals surface area contributed by atoms with Crippen molar-refractivity contribution in [1.29, 1.82) is 0 Å². The van der Waals surface area contributed by atoms with Gasteiger partial charge in [0.25, 0.3) is 0 Å². The topological polar surface area (TPSA) is 62.0 Å². The van der Waals surface area contributed by atoms with E-state index in [0.717, 1.165) is 24.9 Å². The van der Waals surface area contributed by atoms with Crippen molar-refractivity contribution < 1.29 is 8.42 Å². The van der Waals surface area contributed by atoms with E-state index in [1.807, 2.05) is 18.5 Å². The molecule has 0 radical (unpaired) electrons. The molecule has 1 saturated carbocycles. The molecule has 90 valence electrons. The molecule has 1 heterocycles. The van der Waals surface area contributed by atoms with Crippen LogP contribution < -0.4 is 5.32 Å². The Morgan fingerprint density at radius 2 is 2.25 bits per heavy atom. The molecular formula is C11H18N2O2S. The molecule has 1 aliphatic carbocycles. The van der Waals surface area contributed by atoms with Crippen LogP contribution in [0.2, 0.25) is 0 Å². The smallest absolute Gasteiger partial charge is 0.151 e. The van der Waals surface area contributed by atoms with Crippen molar-refractivity contribution in [2.45, 2.75) is 19.4 Å². The lowest BCUT2D eigenvalue weighted by molar-refractivity contribution is 0.587. The molecule has 0 bridgehead atoms. The first-order valence-corrected chi connectivity index (χ1v) is 7.51. The van der Waals surface area contributed by atoms with Crippen molar-refractivity contribution >= 4 is 9.84 Å². The van der Waals surface area contributed by atoms with Crippen LogP contribution in [-0.4, -0.2) is 31.5 Å². The predicted octanol–water partition coefficient (Wildman–Crippen LogP) is 0.929. The highest BCUT2D eigenvalue weighted by atomic mass is 32.2. The van der Waals surface area contributed by atoms with E-state index in [2.05, 4.69) is 10.3 Å². The first-order chi connectivity index (χ1) is 7.66. The number of hydrogen-bond donors (Lipinski definition) is 2. The average molecular weight is 242 g/mol. The van der Waals surface area contributed by atoms with Crippen LogP contribution in [0.15, 0.2) is 18.5 Å². The van der Waals surface area contributed by atoms with E-state index in [1.54, 1.807) is 0 Å². The number of sulfone groups is 1. The second kappa shape index (κ2) is 5.01. The van der Waals surface area contributed by atoms with Gasteiger partial charge in [0.2, 0.25) is 0 Å². The molecule has 2 rings (SSSR count). The number of aromatic nitrogens is 1. The van der Waals surface area contributed by atoms with Gasteiger partial charge in [0, 0.05) is 25.5 Å². The maximum absolute atomic E-state index is 11.6. The van der Waals surface area contributed by atoms with Crippen LogP contribution in [0.1, 0.15) is 18.4 Å². The van der Waals surface area contributed by atoms with E-state index in [1.165, 1.54) is 0 Å². The first-order valence-electron chi connectivity index (χ1n) is 5.68. The van der Waals surface area contributed by atoms with Crippen LogP contribution in [0.25, 0.3) is 0 Å². The average Bonchev–Trinajstić information content (AvgIpc) is 2.86. The Balaban J connectivity index is 1.63. The molecule has 0 spiro atoms. The predicted molar refractivity (Wildman–Crippen MR) is 63.9 cm³/mol. The van der Waals surface area contributed by atoms with Gasteiger partial charge in [0.05, 0.1) is 11.5 Å². The first kappa shape index (κ1) is 11.7. The van der Waals surface area contributed by atoms with Gasteiger partial charge in [-0.2, -0.15) is 0 Å². The van der Waals surface area contributed by atoms with Gasteiger partial charge in [-0.25, -0.2) is 8.42 Å². The molecule has 4 nitrogen and oxygen atoms in total. The van der Waals surface area contributed by atoms with Crippen LogP contribution >= 0.6 is 0 Å². The third-order valence-electron chi connectivity index (χ3n) is 2.77. The van der Waals surface area contributed by atoms with Gasteiger partial charge in [-0.05, 0) is 30.4 Å². The molecule has 2 N–H and O–H groups in total. The van der Waals surface area contributed by atoms with Gasteiger partial charge >= 0.3 is 0 Å². The summed E-state index contributed by atoms with van der Waals surface area (Å²) in [5, 5.41) is 3.14. The quantitative estimate of drug-likeness (QED) is 0.699. The number of hydrogen-bond acceptors (Lipinski definition) is 3. The number of rotatable bonds is 7. The molecule has 0 amide bonds. The van der Waals surface area contributed by atoms with Crippen LogP contribution in [0, 0.1) is 5.92 Å². The summed E-state index contributed by atoms with van der Waals surface area (Å²) in [7, 11) is -2.83. The normalized spacial score (nSPS) is 16.5. The number of aromatic amines is 1. The van der Waals surface area contributed by atoms with Crippen molar-refractivity contribution in [3.63, 3.8) is 0 Å². The summed E-state index contributed by atoms with van der Waals surface area (Å²) in [5.74, 6) is 1.10. The minimum atomic E-state index is -2.83. The molecule has 1 fully saturated rings. The molecule has 0 atom stereocenters. The summed E-state index contributed by atoms with van der Waals surface area (Å²) < 4.78 is 23.2. The van der Waals surface area contributed by atoms with Crippen molar-refractivity contribution in [2.75, 3.05) is 18.1 Å². The Morgan fingerprint density at radius 1 is 1.44 bits per heavy atom. The molecular weight excluding hydrogens is 224 g/mol. The van der Waals surface area contributed by atoms with Gasteiger partial charge in [-0.15, -0.1) is 0 Å². The zero-order chi connectivity index (χ0) is 11.4. The highest BCUT2D eigenvalue weighted by Gasteiger charge is 2.27. The Labute approximate surface area is 96.4 Å². The number of nitrogens with one attached hydrogen (secondary N) is 2. The summed E-state index contributed by atoms with van der Waals surface area (Å²) >= 11 is 0. The van der Waals surface area contributed by atoms with Gasteiger partial charge in [-0.3, -0.25) is 0 Å². The summed E-state index contributed by atoms with van der Waals surface area (Å²) in [5.41, 5.74) is 1.15. The highest BCUT2D eigenvalue weighted by molar-refractivity contribution is 7.91. The van der Waals surface area contributed by atoms with Gasteiger partial charge < -0.3 is 10.3 Å². The molecule has 1 aromatic heterocycles. The van der Waals surface area contributed by atoms with Crippen LogP contribution in [-0.2, 0) is 16.4 Å². The summed E-state index contributed by atoms with van der Waals surface area (Å²) in [6, 6.07) is 1.98. The lowest BCUT2D eigenvalue weighted by Gasteiger charge is -2.04. The largest absolute Gasteiger partial charge is 0.367 e. The van der Waals surface area contributed by atoms with Gasteiger partial charge in [-0.1, -0.05) is 0 Å². The maximum Gasteiger partial charge on any atom is 0.151 e.